The lowest BCUT2D eigenvalue weighted by atomic mass is 9.87. The lowest BCUT2D eigenvalue weighted by molar-refractivity contribution is -0.148. The van der Waals surface area contributed by atoms with Gasteiger partial charge in [-0.3, -0.25) is 14.4 Å². The summed E-state index contributed by atoms with van der Waals surface area (Å²) in [5.41, 5.74) is 0. The first-order valence-electron chi connectivity index (χ1n) is 12.7. The minimum absolute atomic E-state index is 0.00200. The molecule has 1 N–H and O–H groups in total. The predicted molar refractivity (Wildman–Crippen MR) is 124 cm³/mol. The molecule has 1 saturated heterocycles. The van der Waals surface area contributed by atoms with Crippen molar-refractivity contribution in [1.29, 1.82) is 0 Å². The molecule has 2 aliphatic rings. The van der Waals surface area contributed by atoms with Gasteiger partial charge in [0.2, 0.25) is 17.7 Å². The first kappa shape index (κ1) is 25.7. The van der Waals surface area contributed by atoms with Crippen LogP contribution in [0.25, 0.3) is 0 Å². The number of carbonyl (C=O) groups is 3. The molecule has 6 nitrogen and oxygen atoms in total. The van der Waals surface area contributed by atoms with Crippen LogP contribution in [0.2, 0.25) is 0 Å². The Morgan fingerprint density at radius 1 is 1.03 bits per heavy atom. The molecular formula is C25H45N3O3. The minimum Gasteiger partial charge on any atom is -0.344 e. The second-order valence-electron chi connectivity index (χ2n) is 9.98. The standard InChI is InChI=1S/C25H45N3O3/c1-6-8-12-20(7-2)23(29)26-22(18(3)4)25(31)27-15-16-28(19(5)17-27)24(30)21-13-10-9-11-14-21/h18-22H,6-17H2,1-5H3,(H,26,29). The molecule has 0 spiro atoms. The van der Waals surface area contributed by atoms with Crippen LogP contribution in [-0.2, 0) is 14.4 Å². The Hall–Kier alpha value is -1.59. The zero-order chi connectivity index (χ0) is 23.0. The molecule has 1 aliphatic heterocycles. The van der Waals surface area contributed by atoms with Crippen molar-refractivity contribution in [2.24, 2.45) is 17.8 Å². The molecule has 6 heteroatoms. The van der Waals surface area contributed by atoms with Crippen molar-refractivity contribution in [3.05, 3.63) is 0 Å². The minimum atomic E-state index is -0.504. The molecule has 2 rings (SSSR count). The Morgan fingerprint density at radius 3 is 2.26 bits per heavy atom. The maximum atomic E-state index is 13.3. The zero-order valence-electron chi connectivity index (χ0n) is 20.5. The number of carbonyl (C=O) groups excluding carboxylic acids is 3. The van der Waals surface area contributed by atoms with Crippen LogP contribution in [0.1, 0.15) is 92.4 Å². The highest BCUT2D eigenvalue weighted by Gasteiger charge is 2.37. The molecule has 1 saturated carbocycles. The van der Waals surface area contributed by atoms with Gasteiger partial charge in [-0.2, -0.15) is 0 Å². The predicted octanol–water partition coefficient (Wildman–Crippen LogP) is 3.98. The Kier molecular flexibility index (Phi) is 10.3. The molecule has 0 aromatic carbocycles. The van der Waals surface area contributed by atoms with E-state index < -0.39 is 6.04 Å². The van der Waals surface area contributed by atoms with Crippen LogP contribution in [0, 0.1) is 17.8 Å². The highest BCUT2D eigenvalue weighted by molar-refractivity contribution is 5.89. The van der Waals surface area contributed by atoms with Gasteiger partial charge >= 0.3 is 0 Å². The maximum Gasteiger partial charge on any atom is 0.245 e. The van der Waals surface area contributed by atoms with Crippen molar-refractivity contribution in [2.45, 2.75) is 104 Å². The van der Waals surface area contributed by atoms with Crippen molar-refractivity contribution in [3.63, 3.8) is 0 Å². The topological polar surface area (TPSA) is 69.7 Å². The number of amides is 3. The highest BCUT2D eigenvalue weighted by Crippen LogP contribution is 2.27. The normalized spacial score (nSPS) is 22.3. The number of hydrogen-bond donors (Lipinski definition) is 1. The van der Waals surface area contributed by atoms with Crippen molar-refractivity contribution in [2.75, 3.05) is 19.6 Å². The average molecular weight is 436 g/mol. The summed E-state index contributed by atoms with van der Waals surface area (Å²) < 4.78 is 0. The Morgan fingerprint density at radius 2 is 1.71 bits per heavy atom. The SMILES string of the molecule is CCCCC(CC)C(=O)NC(C(=O)N1CCN(C(=O)C2CCCCC2)C(C)C1)C(C)C. The molecule has 0 radical (unpaired) electrons. The van der Waals surface area contributed by atoms with Gasteiger partial charge in [-0.25, -0.2) is 0 Å². The first-order valence-corrected chi connectivity index (χ1v) is 12.7. The summed E-state index contributed by atoms with van der Waals surface area (Å²) in [5.74, 6) is 0.424. The largest absolute Gasteiger partial charge is 0.344 e. The third-order valence-corrected chi connectivity index (χ3v) is 7.18. The molecular weight excluding hydrogens is 390 g/mol. The second kappa shape index (κ2) is 12.4. The summed E-state index contributed by atoms with van der Waals surface area (Å²) in [7, 11) is 0. The molecule has 1 heterocycles. The van der Waals surface area contributed by atoms with Crippen LogP contribution in [-0.4, -0.2) is 59.2 Å². The Labute approximate surface area is 189 Å². The molecule has 2 fully saturated rings. The molecule has 3 atom stereocenters. The fourth-order valence-corrected chi connectivity index (χ4v) is 5.02. The lowest BCUT2D eigenvalue weighted by Gasteiger charge is -2.43. The van der Waals surface area contributed by atoms with Gasteiger partial charge in [0, 0.05) is 37.5 Å². The van der Waals surface area contributed by atoms with Gasteiger partial charge in [-0.15, -0.1) is 0 Å². The van der Waals surface area contributed by atoms with Crippen LogP contribution in [0.4, 0.5) is 0 Å². The van der Waals surface area contributed by atoms with E-state index in [0.29, 0.717) is 19.6 Å². The number of unbranched alkanes of at least 4 members (excludes halogenated alkanes) is 1. The van der Waals surface area contributed by atoms with E-state index in [1.165, 1.54) is 6.42 Å². The van der Waals surface area contributed by atoms with Gasteiger partial charge in [0.25, 0.3) is 0 Å². The van der Waals surface area contributed by atoms with E-state index in [1.807, 2.05) is 37.5 Å². The first-order chi connectivity index (χ1) is 14.8. The summed E-state index contributed by atoms with van der Waals surface area (Å²) >= 11 is 0. The van der Waals surface area contributed by atoms with Crippen molar-refractivity contribution in [1.82, 2.24) is 15.1 Å². The van der Waals surface area contributed by atoms with E-state index in [4.69, 9.17) is 0 Å². The summed E-state index contributed by atoms with van der Waals surface area (Å²) in [6, 6.07) is -0.487. The molecule has 1 aliphatic carbocycles. The summed E-state index contributed by atoms with van der Waals surface area (Å²) in [5, 5.41) is 3.06. The van der Waals surface area contributed by atoms with Crippen molar-refractivity contribution >= 4 is 17.7 Å². The Bertz CT molecular complexity index is 601. The number of piperazine rings is 1. The van der Waals surface area contributed by atoms with Gasteiger partial charge in [-0.05, 0) is 38.5 Å². The second-order valence-corrected chi connectivity index (χ2v) is 9.98. The summed E-state index contributed by atoms with van der Waals surface area (Å²) in [6.45, 7) is 11.9. The zero-order valence-corrected chi connectivity index (χ0v) is 20.5. The number of nitrogens with zero attached hydrogens (tertiary/aromatic N) is 2. The smallest absolute Gasteiger partial charge is 0.245 e. The van der Waals surface area contributed by atoms with Crippen molar-refractivity contribution in [3.8, 4) is 0 Å². The average Bonchev–Trinajstić information content (AvgIpc) is 2.77. The van der Waals surface area contributed by atoms with Gasteiger partial charge in [0.1, 0.15) is 6.04 Å². The maximum absolute atomic E-state index is 13.3. The third-order valence-electron chi connectivity index (χ3n) is 7.18. The number of nitrogens with one attached hydrogen (secondary N) is 1. The van der Waals surface area contributed by atoms with Gasteiger partial charge < -0.3 is 15.1 Å². The fourth-order valence-electron chi connectivity index (χ4n) is 5.02. The monoisotopic (exact) mass is 435 g/mol. The van der Waals surface area contributed by atoms with E-state index in [1.54, 1.807) is 0 Å². The van der Waals surface area contributed by atoms with Crippen LogP contribution in [0.15, 0.2) is 0 Å². The molecule has 3 unspecified atom stereocenters. The lowest BCUT2D eigenvalue weighted by Crippen LogP contribution is -2.60. The van der Waals surface area contributed by atoms with E-state index in [0.717, 1.165) is 51.4 Å². The summed E-state index contributed by atoms with van der Waals surface area (Å²) in [6.07, 6.45) is 9.30. The molecule has 0 aromatic heterocycles. The third kappa shape index (κ3) is 6.95. The van der Waals surface area contributed by atoms with E-state index in [9.17, 15) is 14.4 Å². The number of rotatable bonds is 9. The van der Waals surface area contributed by atoms with Gasteiger partial charge in [0.05, 0.1) is 0 Å². The quantitative estimate of drug-likeness (QED) is 0.595. The molecule has 3 amide bonds. The molecule has 178 valence electrons. The highest BCUT2D eigenvalue weighted by atomic mass is 16.2. The molecule has 31 heavy (non-hydrogen) atoms. The van der Waals surface area contributed by atoms with Gasteiger partial charge in [0.15, 0.2) is 0 Å². The van der Waals surface area contributed by atoms with E-state index >= 15 is 0 Å². The molecule has 0 aromatic rings. The van der Waals surface area contributed by atoms with Crippen LogP contribution >= 0.6 is 0 Å². The van der Waals surface area contributed by atoms with Crippen molar-refractivity contribution < 1.29 is 14.4 Å². The van der Waals surface area contributed by atoms with Crippen LogP contribution < -0.4 is 5.32 Å². The van der Waals surface area contributed by atoms with Gasteiger partial charge in [-0.1, -0.05) is 59.8 Å². The van der Waals surface area contributed by atoms with Crippen LogP contribution in [0.3, 0.4) is 0 Å². The fraction of sp³-hybridized carbons (Fsp3) is 0.880. The van der Waals surface area contributed by atoms with E-state index in [2.05, 4.69) is 12.2 Å². The number of hydrogen-bond acceptors (Lipinski definition) is 3. The Balaban J connectivity index is 1.97. The molecule has 0 bridgehead atoms. The summed E-state index contributed by atoms with van der Waals surface area (Å²) in [4.78, 5) is 43.0. The van der Waals surface area contributed by atoms with Crippen LogP contribution in [0.5, 0.6) is 0 Å². The van der Waals surface area contributed by atoms with E-state index in [-0.39, 0.29) is 41.5 Å².